The van der Waals surface area contributed by atoms with Gasteiger partial charge in [0.1, 0.15) is 9.92 Å². The molecule has 0 saturated heterocycles. The van der Waals surface area contributed by atoms with Crippen LogP contribution in [0.2, 0.25) is 0 Å². The van der Waals surface area contributed by atoms with Crippen molar-refractivity contribution in [2.75, 3.05) is 0 Å². The summed E-state index contributed by atoms with van der Waals surface area (Å²) in [5.41, 5.74) is -0.794. The monoisotopic (exact) mass is 160 g/mol. The Balaban J connectivity index is 2.79. The SMILES string of the molecule is N=S(N)(=O)C1C=CC=CO1. The molecule has 1 rings (SSSR count). The molecule has 0 amide bonds. The van der Waals surface area contributed by atoms with Crippen LogP contribution in [-0.2, 0) is 14.7 Å². The average Bonchev–Trinajstić information content (AvgIpc) is 1.88. The molecular weight excluding hydrogens is 152 g/mol. The van der Waals surface area contributed by atoms with Gasteiger partial charge in [-0.05, 0) is 12.2 Å². The van der Waals surface area contributed by atoms with Crippen molar-refractivity contribution in [3.8, 4) is 0 Å². The Bertz CT molecular complexity index is 265. The van der Waals surface area contributed by atoms with Crippen molar-refractivity contribution in [2.24, 2.45) is 5.14 Å². The van der Waals surface area contributed by atoms with Crippen LogP contribution in [0.25, 0.3) is 0 Å². The van der Waals surface area contributed by atoms with Crippen LogP contribution in [0.4, 0.5) is 0 Å². The van der Waals surface area contributed by atoms with E-state index in [-0.39, 0.29) is 0 Å². The second-order valence-electron chi connectivity index (χ2n) is 1.87. The summed E-state index contributed by atoms with van der Waals surface area (Å²) in [5, 5.41) is 4.99. The molecule has 0 radical (unpaired) electrons. The maximum Gasteiger partial charge on any atom is 0.211 e. The summed E-state index contributed by atoms with van der Waals surface area (Å²) in [7, 11) is -3.09. The van der Waals surface area contributed by atoms with E-state index in [2.05, 4.69) is 0 Å². The second kappa shape index (κ2) is 2.43. The van der Waals surface area contributed by atoms with E-state index in [1.54, 1.807) is 12.2 Å². The summed E-state index contributed by atoms with van der Waals surface area (Å²) in [6.07, 6.45) is 6.15. The standard InChI is InChI=1S/C5H8N2O2S/c6-10(7,8)5-3-1-2-4-9-5/h1-5H,(H3,6,7,8). The Hall–Kier alpha value is -0.810. The summed E-state index contributed by atoms with van der Waals surface area (Å²) < 4.78 is 22.5. The summed E-state index contributed by atoms with van der Waals surface area (Å²) >= 11 is 0. The Kier molecular flexibility index (Phi) is 1.78. The van der Waals surface area contributed by atoms with Gasteiger partial charge in [-0.3, -0.25) is 0 Å². The molecule has 0 aliphatic carbocycles. The number of nitrogens with one attached hydrogen (secondary N) is 1. The third kappa shape index (κ3) is 1.58. The zero-order valence-electron chi connectivity index (χ0n) is 5.19. The molecule has 1 heterocycles. The number of ether oxygens (including phenoxy) is 1. The molecule has 0 spiro atoms. The maximum atomic E-state index is 10.8. The first-order chi connectivity index (χ1) is 4.61. The molecule has 1 aliphatic heterocycles. The zero-order chi connectivity index (χ0) is 7.61. The molecule has 2 atom stereocenters. The van der Waals surface area contributed by atoms with Gasteiger partial charge in [0.25, 0.3) is 0 Å². The van der Waals surface area contributed by atoms with Gasteiger partial charge in [-0.15, -0.1) is 0 Å². The normalized spacial score (nSPS) is 29.1. The molecule has 0 bridgehead atoms. The highest BCUT2D eigenvalue weighted by Gasteiger charge is 2.14. The van der Waals surface area contributed by atoms with Crippen LogP contribution < -0.4 is 5.14 Å². The molecule has 0 aromatic rings. The first-order valence-electron chi connectivity index (χ1n) is 2.65. The lowest BCUT2D eigenvalue weighted by Crippen LogP contribution is -2.27. The molecule has 10 heavy (non-hydrogen) atoms. The lowest BCUT2D eigenvalue weighted by atomic mass is 10.4. The molecule has 2 unspecified atom stereocenters. The molecule has 5 heteroatoms. The van der Waals surface area contributed by atoms with Crippen LogP contribution in [0, 0.1) is 4.78 Å². The highest BCUT2D eigenvalue weighted by molar-refractivity contribution is 7.90. The van der Waals surface area contributed by atoms with E-state index >= 15 is 0 Å². The zero-order valence-corrected chi connectivity index (χ0v) is 6.01. The second-order valence-corrected chi connectivity index (χ2v) is 3.63. The average molecular weight is 160 g/mol. The van der Waals surface area contributed by atoms with Crippen LogP contribution in [0.1, 0.15) is 0 Å². The van der Waals surface area contributed by atoms with Crippen LogP contribution in [-0.4, -0.2) is 9.64 Å². The fraction of sp³-hybridized carbons (Fsp3) is 0.200. The van der Waals surface area contributed by atoms with Gasteiger partial charge in [-0.1, -0.05) is 6.08 Å². The van der Waals surface area contributed by atoms with E-state index < -0.39 is 15.4 Å². The van der Waals surface area contributed by atoms with Gasteiger partial charge in [0.2, 0.25) is 5.44 Å². The van der Waals surface area contributed by atoms with Crippen molar-refractivity contribution < 1.29 is 8.95 Å². The molecule has 0 aromatic carbocycles. The van der Waals surface area contributed by atoms with E-state index in [0.29, 0.717) is 0 Å². The molecule has 0 aromatic heterocycles. The minimum absolute atomic E-state index is 0.794. The number of hydrogen-bond donors (Lipinski definition) is 2. The molecule has 0 saturated carbocycles. The maximum absolute atomic E-state index is 10.8. The quantitative estimate of drug-likeness (QED) is 0.580. The molecule has 1 aliphatic rings. The van der Waals surface area contributed by atoms with Crippen molar-refractivity contribution in [2.45, 2.75) is 5.44 Å². The smallest absolute Gasteiger partial charge is 0.211 e. The fourth-order valence-electron chi connectivity index (χ4n) is 0.568. The van der Waals surface area contributed by atoms with Crippen LogP contribution >= 0.6 is 0 Å². The first-order valence-corrected chi connectivity index (χ1v) is 4.33. The summed E-state index contributed by atoms with van der Waals surface area (Å²) in [6.45, 7) is 0. The summed E-state index contributed by atoms with van der Waals surface area (Å²) in [6, 6.07) is 0. The van der Waals surface area contributed by atoms with Crippen molar-refractivity contribution in [3.63, 3.8) is 0 Å². The fourth-order valence-corrected chi connectivity index (χ4v) is 1.12. The highest BCUT2D eigenvalue weighted by Crippen LogP contribution is 2.06. The van der Waals surface area contributed by atoms with Crippen molar-refractivity contribution in [3.05, 3.63) is 24.5 Å². The predicted molar refractivity (Wildman–Crippen MR) is 38.2 cm³/mol. The molecule has 4 nitrogen and oxygen atoms in total. The lowest BCUT2D eigenvalue weighted by molar-refractivity contribution is 0.250. The summed E-state index contributed by atoms with van der Waals surface area (Å²) in [4.78, 5) is 0. The predicted octanol–water partition coefficient (Wildman–Crippen LogP) is 0.333. The number of hydrogen-bond acceptors (Lipinski definition) is 3. The van der Waals surface area contributed by atoms with Crippen LogP contribution in [0.5, 0.6) is 0 Å². The van der Waals surface area contributed by atoms with Gasteiger partial charge in [0.05, 0.1) is 6.26 Å². The van der Waals surface area contributed by atoms with Crippen molar-refractivity contribution in [1.29, 1.82) is 4.78 Å². The van der Waals surface area contributed by atoms with Gasteiger partial charge in [-0.2, -0.15) is 0 Å². The number of allylic oxidation sites excluding steroid dienone is 2. The van der Waals surface area contributed by atoms with Crippen molar-refractivity contribution in [1.82, 2.24) is 0 Å². The van der Waals surface area contributed by atoms with Gasteiger partial charge in [0, 0.05) is 0 Å². The minimum Gasteiger partial charge on any atom is -0.478 e. The van der Waals surface area contributed by atoms with Gasteiger partial charge >= 0.3 is 0 Å². The van der Waals surface area contributed by atoms with Gasteiger partial charge in [0.15, 0.2) is 0 Å². The third-order valence-electron chi connectivity index (χ3n) is 1.02. The van der Waals surface area contributed by atoms with Crippen LogP contribution in [0.15, 0.2) is 24.5 Å². The number of nitrogens with two attached hydrogens (primary N) is 1. The van der Waals surface area contributed by atoms with Crippen molar-refractivity contribution >= 4 is 9.92 Å². The van der Waals surface area contributed by atoms with E-state index in [4.69, 9.17) is 14.7 Å². The Labute approximate surface area is 59.5 Å². The third-order valence-corrected chi connectivity index (χ3v) is 1.97. The highest BCUT2D eigenvalue weighted by atomic mass is 32.2. The van der Waals surface area contributed by atoms with E-state index in [0.717, 1.165) is 0 Å². The molecule has 56 valence electrons. The largest absolute Gasteiger partial charge is 0.478 e. The molecular formula is C5H8N2O2S. The van der Waals surface area contributed by atoms with E-state index in [1.165, 1.54) is 12.3 Å². The Morgan fingerprint density at radius 2 is 2.30 bits per heavy atom. The van der Waals surface area contributed by atoms with E-state index in [9.17, 15) is 4.21 Å². The van der Waals surface area contributed by atoms with E-state index in [1.807, 2.05) is 0 Å². The first kappa shape index (κ1) is 7.30. The lowest BCUT2D eigenvalue weighted by Gasteiger charge is -2.13. The minimum atomic E-state index is -3.09. The summed E-state index contributed by atoms with van der Waals surface area (Å²) in [5.74, 6) is 0. The Morgan fingerprint density at radius 3 is 2.60 bits per heavy atom. The molecule has 3 N–H and O–H groups in total. The van der Waals surface area contributed by atoms with Gasteiger partial charge in [-0.25, -0.2) is 14.1 Å². The molecule has 0 fully saturated rings. The van der Waals surface area contributed by atoms with Gasteiger partial charge < -0.3 is 4.74 Å². The Morgan fingerprint density at radius 1 is 1.60 bits per heavy atom. The van der Waals surface area contributed by atoms with Crippen LogP contribution in [0.3, 0.4) is 0 Å². The number of rotatable bonds is 1. The topological polar surface area (TPSA) is 76.2 Å².